The molecule has 0 N–H and O–H groups in total. The minimum atomic E-state index is 0.491. The summed E-state index contributed by atoms with van der Waals surface area (Å²) in [5.41, 5.74) is 0.802. The van der Waals surface area contributed by atoms with E-state index in [4.69, 9.17) is 9.05 Å². The van der Waals surface area contributed by atoms with Crippen molar-refractivity contribution in [2.45, 2.75) is 6.92 Å². The smallest absolute Gasteiger partial charge is 0.225 e. The van der Waals surface area contributed by atoms with Gasteiger partial charge in [-0.1, -0.05) is 5.16 Å². The highest BCUT2D eigenvalue weighted by atomic mass is 16.5. The molecule has 0 fully saturated rings. The molecular formula is C6H5N3O2. The van der Waals surface area contributed by atoms with Gasteiger partial charge in [-0.05, 0) is 6.92 Å². The summed E-state index contributed by atoms with van der Waals surface area (Å²) in [5, 5.41) is 10.5. The average molecular weight is 151 g/mol. The van der Waals surface area contributed by atoms with Crippen LogP contribution in [0.4, 0.5) is 0 Å². The second kappa shape index (κ2) is 2.19. The van der Waals surface area contributed by atoms with Gasteiger partial charge in [0.1, 0.15) is 6.20 Å². The van der Waals surface area contributed by atoms with Crippen LogP contribution in [0.2, 0.25) is 0 Å². The Hall–Kier alpha value is -1.65. The lowest BCUT2D eigenvalue weighted by molar-refractivity contribution is 0.372. The minimum absolute atomic E-state index is 0.491. The molecule has 0 amide bonds. The first-order valence-corrected chi connectivity index (χ1v) is 3.07. The molecule has 0 saturated heterocycles. The lowest BCUT2D eigenvalue weighted by Crippen LogP contribution is -1.63. The quantitative estimate of drug-likeness (QED) is 0.609. The van der Waals surface area contributed by atoms with E-state index >= 15 is 0 Å². The van der Waals surface area contributed by atoms with E-state index in [2.05, 4.69) is 15.5 Å². The second-order valence-corrected chi connectivity index (χ2v) is 2.11. The van der Waals surface area contributed by atoms with Crippen LogP contribution >= 0.6 is 0 Å². The molecule has 0 aliphatic heterocycles. The first kappa shape index (κ1) is 6.09. The standard InChI is InChI=1S/C6H5N3O2/c1-4-2-5(10-8-4)6-3-7-9-11-6/h2-3H,1H3. The molecular weight excluding hydrogens is 146 g/mol. The molecule has 2 rings (SSSR count). The van der Waals surface area contributed by atoms with E-state index < -0.39 is 0 Å². The second-order valence-electron chi connectivity index (χ2n) is 2.11. The van der Waals surface area contributed by atoms with Gasteiger partial charge in [0.2, 0.25) is 11.5 Å². The number of aryl methyl sites for hydroxylation is 1. The lowest BCUT2D eigenvalue weighted by Gasteiger charge is -1.78. The monoisotopic (exact) mass is 151 g/mol. The molecule has 0 unspecified atom stereocenters. The summed E-state index contributed by atoms with van der Waals surface area (Å²) < 4.78 is 9.62. The molecule has 0 saturated carbocycles. The average Bonchev–Trinajstić information content (AvgIpc) is 2.55. The van der Waals surface area contributed by atoms with E-state index in [0.29, 0.717) is 11.5 Å². The maximum absolute atomic E-state index is 4.88. The van der Waals surface area contributed by atoms with Gasteiger partial charge in [-0.3, -0.25) is 0 Å². The molecule has 11 heavy (non-hydrogen) atoms. The van der Waals surface area contributed by atoms with E-state index in [-0.39, 0.29) is 0 Å². The molecule has 2 heterocycles. The van der Waals surface area contributed by atoms with Gasteiger partial charge in [0, 0.05) is 11.3 Å². The molecule has 0 bridgehead atoms. The van der Waals surface area contributed by atoms with Crippen LogP contribution in [0.5, 0.6) is 0 Å². The summed E-state index contributed by atoms with van der Waals surface area (Å²) in [6.45, 7) is 1.83. The van der Waals surface area contributed by atoms with Crippen molar-refractivity contribution in [2.75, 3.05) is 0 Å². The molecule has 5 nitrogen and oxygen atoms in total. The SMILES string of the molecule is Cc1cc(-c2cnno2)on1. The molecule has 0 aliphatic carbocycles. The molecule has 56 valence electrons. The lowest BCUT2D eigenvalue weighted by atomic mass is 10.3. The summed E-state index contributed by atoms with van der Waals surface area (Å²) in [7, 11) is 0. The third-order valence-corrected chi connectivity index (χ3v) is 1.23. The first-order valence-electron chi connectivity index (χ1n) is 3.07. The van der Waals surface area contributed by atoms with E-state index in [1.807, 2.05) is 6.92 Å². The van der Waals surface area contributed by atoms with Gasteiger partial charge >= 0.3 is 0 Å². The molecule has 5 heteroatoms. The zero-order chi connectivity index (χ0) is 7.68. The fraction of sp³-hybridized carbons (Fsp3) is 0.167. The predicted molar refractivity (Wildman–Crippen MR) is 34.5 cm³/mol. The van der Waals surface area contributed by atoms with Crippen molar-refractivity contribution >= 4 is 0 Å². The Morgan fingerprint density at radius 2 is 2.18 bits per heavy atom. The van der Waals surface area contributed by atoms with Crippen LogP contribution in [0.3, 0.4) is 0 Å². The Kier molecular flexibility index (Phi) is 1.21. The fourth-order valence-electron chi connectivity index (χ4n) is 0.755. The molecule has 0 radical (unpaired) electrons. The predicted octanol–water partition coefficient (Wildman–Crippen LogP) is 1.03. The van der Waals surface area contributed by atoms with Gasteiger partial charge in [0.05, 0.1) is 5.69 Å². The number of hydrogen-bond donors (Lipinski definition) is 0. The Balaban J connectivity index is 2.45. The van der Waals surface area contributed by atoms with E-state index in [9.17, 15) is 0 Å². The number of rotatable bonds is 1. The van der Waals surface area contributed by atoms with E-state index in [1.54, 1.807) is 6.07 Å². The van der Waals surface area contributed by atoms with Gasteiger partial charge < -0.3 is 9.05 Å². The molecule has 0 aliphatic rings. The molecule has 0 atom stereocenters. The highest BCUT2D eigenvalue weighted by Crippen LogP contribution is 2.17. The molecule has 0 spiro atoms. The number of nitrogens with zero attached hydrogens (tertiary/aromatic N) is 3. The number of aromatic nitrogens is 3. The number of hydrogen-bond acceptors (Lipinski definition) is 5. The van der Waals surface area contributed by atoms with Crippen LogP contribution in [-0.2, 0) is 0 Å². The summed E-state index contributed by atoms with van der Waals surface area (Å²) in [6, 6.07) is 1.75. The van der Waals surface area contributed by atoms with Gasteiger partial charge in [-0.25, -0.2) is 0 Å². The highest BCUT2D eigenvalue weighted by Gasteiger charge is 2.07. The zero-order valence-electron chi connectivity index (χ0n) is 5.81. The van der Waals surface area contributed by atoms with Crippen molar-refractivity contribution in [1.29, 1.82) is 0 Å². The summed E-state index contributed by atoms with van der Waals surface area (Å²) in [5.74, 6) is 1.04. The van der Waals surface area contributed by atoms with Crippen LogP contribution in [0.1, 0.15) is 5.69 Å². The summed E-state index contributed by atoms with van der Waals surface area (Å²) in [4.78, 5) is 0. The van der Waals surface area contributed by atoms with Gasteiger partial charge in [-0.2, -0.15) is 0 Å². The zero-order valence-corrected chi connectivity index (χ0v) is 5.81. The molecule has 2 aromatic rings. The Morgan fingerprint density at radius 1 is 1.27 bits per heavy atom. The van der Waals surface area contributed by atoms with Crippen molar-refractivity contribution in [3.8, 4) is 11.5 Å². The summed E-state index contributed by atoms with van der Waals surface area (Å²) >= 11 is 0. The van der Waals surface area contributed by atoms with Gasteiger partial charge in [-0.15, -0.1) is 5.10 Å². The van der Waals surface area contributed by atoms with Gasteiger partial charge in [0.15, 0.2) is 0 Å². The van der Waals surface area contributed by atoms with Crippen LogP contribution < -0.4 is 0 Å². The van der Waals surface area contributed by atoms with Crippen LogP contribution in [0.25, 0.3) is 11.5 Å². The maximum atomic E-state index is 4.88. The minimum Gasteiger partial charge on any atom is -0.353 e. The molecule has 2 aromatic heterocycles. The third kappa shape index (κ3) is 1.000. The van der Waals surface area contributed by atoms with E-state index in [1.165, 1.54) is 6.20 Å². The summed E-state index contributed by atoms with van der Waals surface area (Å²) in [6.07, 6.45) is 1.47. The molecule has 0 aromatic carbocycles. The van der Waals surface area contributed by atoms with Crippen molar-refractivity contribution in [3.63, 3.8) is 0 Å². The van der Waals surface area contributed by atoms with E-state index in [0.717, 1.165) is 5.69 Å². The van der Waals surface area contributed by atoms with Crippen LogP contribution in [-0.4, -0.2) is 15.5 Å². The van der Waals surface area contributed by atoms with Crippen molar-refractivity contribution in [3.05, 3.63) is 18.0 Å². The topological polar surface area (TPSA) is 65.0 Å². The van der Waals surface area contributed by atoms with Crippen LogP contribution in [0, 0.1) is 6.92 Å². The van der Waals surface area contributed by atoms with Crippen molar-refractivity contribution in [2.24, 2.45) is 0 Å². The van der Waals surface area contributed by atoms with Crippen molar-refractivity contribution in [1.82, 2.24) is 15.5 Å². The Morgan fingerprint density at radius 3 is 2.73 bits per heavy atom. The highest BCUT2D eigenvalue weighted by molar-refractivity contribution is 5.46. The Bertz CT molecular complexity index is 338. The third-order valence-electron chi connectivity index (χ3n) is 1.23. The fourth-order valence-corrected chi connectivity index (χ4v) is 0.755. The van der Waals surface area contributed by atoms with Crippen molar-refractivity contribution < 1.29 is 9.05 Å². The normalized spacial score (nSPS) is 10.3. The maximum Gasteiger partial charge on any atom is 0.225 e. The van der Waals surface area contributed by atoms with Gasteiger partial charge in [0.25, 0.3) is 0 Å². The van der Waals surface area contributed by atoms with Crippen LogP contribution in [0.15, 0.2) is 21.3 Å². The largest absolute Gasteiger partial charge is 0.353 e. The Labute approximate surface area is 62.0 Å². The first-order chi connectivity index (χ1) is 5.36.